The molecule has 0 amide bonds. The van der Waals surface area contributed by atoms with Crippen molar-refractivity contribution in [1.29, 1.82) is 0 Å². The van der Waals surface area contributed by atoms with E-state index in [0.29, 0.717) is 12.2 Å². The van der Waals surface area contributed by atoms with Crippen molar-refractivity contribution >= 4 is 21.5 Å². The van der Waals surface area contributed by atoms with Crippen molar-refractivity contribution in [2.75, 3.05) is 11.6 Å². The molecule has 0 spiro atoms. The minimum atomic E-state index is -3.21. The fourth-order valence-corrected chi connectivity index (χ4v) is 2.40. The molecule has 1 heterocycles. The van der Waals surface area contributed by atoms with Crippen LogP contribution in [0.5, 0.6) is 0 Å². The second-order valence-corrected chi connectivity index (χ2v) is 6.51. The fourth-order valence-electron chi connectivity index (χ4n) is 1.77. The van der Waals surface area contributed by atoms with Crippen molar-refractivity contribution in [2.24, 2.45) is 0 Å². The zero-order valence-corrected chi connectivity index (χ0v) is 12.1. The molecule has 2 N–H and O–H groups in total. The lowest BCUT2D eigenvalue weighted by Crippen LogP contribution is -2.07. The lowest BCUT2D eigenvalue weighted by molar-refractivity contribution is 0.0697. The molecule has 7 heteroatoms. The fraction of sp³-hybridized carbons (Fsp3) is 0.143. The molecule has 1 aromatic heterocycles. The van der Waals surface area contributed by atoms with Gasteiger partial charge in [-0.1, -0.05) is 12.1 Å². The van der Waals surface area contributed by atoms with Crippen LogP contribution in [-0.4, -0.2) is 30.7 Å². The number of hydrogen-bond acceptors (Lipinski definition) is 5. The van der Waals surface area contributed by atoms with Gasteiger partial charge in [-0.25, -0.2) is 13.2 Å². The Balaban J connectivity index is 2.12. The van der Waals surface area contributed by atoms with E-state index in [1.807, 2.05) is 0 Å². The van der Waals surface area contributed by atoms with E-state index in [1.54, 1.807) is 18.2 Å². The van der Waals surface area contributed by atoms with Crippen molar-refractivity contribution in [3.8, 4) is 0 Å². The van der Waals surface area contributed by atoms with E-state index in [1.165, 1.54) is 24.5 Å². The summed E-state index contributed by atoms with van der Waals surface area (Å²) in [5.41, 5.74) is 1.39. The van der Waals surface area contributed by atoms with Crippen LogP contribution in [0.2, 0.25) is 0 Å². The number of anilines is 1. The predicted octanol–water partition coefficient (Wildman–Crippen LogP) is 1.80. The summed E-state index contributed by atoms with van der Waals surface area (Å²) >= 11 is 0. The molecule has 0 unspecified atom stereocenters. The van der Waals surface area contributed by atoms with Crippen LogP contribution in [0.1, 0.15) is 15.9 Å². The van der Waals surface area contributed by atoms with E-state index < -0.39 is 15.8 Å². The smallest absolute Gasteiger partial charge is 0.339 e. The lowest BCUT2D eigenvalue weighted by atomic mass is 10.2. The summed E-state index contributed by atoms with van der Waals surface area (Å²) < 4.78 is 22.7. The molecule has 0 saturated heterocycles. The SMILES string of the molecule is CS(=O)(=O)c1ccc(CNc2ccncc2C(=O)O)cc1. The summed E-state index contributed by atoms with van der Waals surface area (Å²) in [5, 5.41) is 12.0. The van der Waals surface area contributed by atoms with Gasteiger partial charge < -0.3 is 10.4 Å². The second kappa shape index (κ2) is 5.92. The number of aromatic nitrogens is 1. The largest absolute Gasteiger partial charge is 0.478 e. The molecule has 2 aromatic rings. The number of carbonyl (C=O) groups is 1. The van der Waals surface area contributed by atoms with Crippen molar-refractivity contribution < 1.29 is 18.3 Å². The Morgan fingerprint density at radius 3 is 2.48 bits per heavy atom. The van der Waals surface area contributed by atoms with Crippen LogP contribution >= 0.6 is 0 Å². The number of nitrogens with one attached hydrogen (secondary N) is 1. The highest BCUT2D eigenvalue weighted by molar-refractivity contribution is 7.90. The van der Waals surface area contributed by atoms with Crippen LogP contribution in [0.25, 0.3) is 0 Å². The van der Waals surface area contributed by atoms with Crippen molar-refractivity contribution in [2.45, 2.75) is 11.4 Å². The van der Waals surface area contributed by atoms with Gasteiger partial charge in [-0.15, -0.1) is 0 Å². The summed E-state index contributed by atoms with van der Waals surface area (Å²) in [7, 11) is -3.21. The first kappa shape index (κ1) is 15.0. The number of aromatic carboxylic acids is 1. The molecule has 21 heavy (non-hydrogen) atoms. The highest BCUT2D eigenvalue weighted by Gasteiger charge is 2.10. The van der Waals surface area contributed by atoms with Gasteiger partial charge in [-0.3, -0.25) is 4.98 Å². The molecule has 0 bridgehead atoms. The number of carboxylic acid groups (broad SMARTS) is 1. The molecule has 110 valence electrons. The number of rotatable bonds is 5. The Hall–Kier alpha value is -2.41. The van der Waals surface area contributed by atoms with Crippen LogP contribution < -0.4 is 5.32 Å². The summed E-state index contributed by atoms with van der Waals surface area (Å²) in [6.07, 6.45) is 3.93. The minimum Gasteiger partial charge on any atom is -0.478 e. The average Bonchev–Trinajstić information content (AvgIpc) is 2.45. The third-order valence-corrected chi connectivity index (χ3v) is 4.01. The van der Waals surface area contributed by atoms with Crippen molar-refractivity contribution in [1.82, 2.24) is 4.98 Å². The zero-order valence-electron chi connectivity index (χ0n) is 11.3. The van der Waals surface area contributed by atoms with E-state index in [9.17, 15) is 13.2 Å². The van der Waals surface area contributed by atoms with Gasteiger partial charge in [0, 0.05) is 25.2 Å². The molecule has 0 aliphatic heterocycles. The normalized spacial score (nSPS) is 11.1. The van der Waals surface area contributed by atoms with Crippen LogP contribution in [0, 0.1) is 0 Å². The number of hydrogen-bond donors (Lipinski definition) is 2. The number of carboxylic acids is 1. The maximum Gasteiger partial charge on any atom is 0.339 e. The Bertz CT molecular complexity index is 755. The second-order valence-electron chi connectivity index (χ2n) is 4.50. The van der Waals surface area contributed by atoms with Crippen LogP contribution in [0.15, 0.2) is 47.6 Å². The lowest BCUT2D eigenvalue weighted by Gasteiger charge is -2.09. The Labute approximate surface area is 122 Å². The van der Waals surface area contributed by atoms with E-state index >= 15 is 0 Å². The monoisotopic (exact) mass is 306 g/mol. The summed E-state index contributed by atoms with van der Waals surface area (Å²) in [4.78, 5) is 15.1. The Morgan fingerprint density at radius 2 is 1.90 bits per heavy atom. The third kappa shape index (κ3) is 3.79. The van der Waals surface area contributed by atoms with Gasteiger partial charge in [-0.2, -0.15) is 0 Å². The highest BCUT2D eigenvalue weighted by atomic mass is 32.2. The molecule has 0 saturated carbocycles. The molecule has 0 aliphatic carbocycles. The van der Waals surface area contributed by atoms with Crippen molar-refractivity contribution in [3.63, 3.8) is 0 Å². The molecule has 0 radical (unpaired) electrons. The Kier molecular flexibility index (Phi) is 4.23. The quantitative estimate of drug-likeness (QED) is 0.874. The number of benzene rings is 1. The summed E-state index contributed by atoms with van der Waals surface area (Å²) in [5.74, 6) is -1.06. The summed E-state index contributed by atoms with van der Waals surface area (Å²) in [6.45, 7) is 0.383. The highest BCUT2D eigenvalue weighted by Crippen LogP contribution is 2.16. The van der Waals surface area contributed by atoms with Gasteiger partial charge in [0.05, 0.1) is 10.6 Å². The average molecular weight is 306 g/mol. The molecule has 0 aliphatic rings. The summed E-state index contributed by atoms with van der Waals surface area (Å²) in [6, 6.07) is 8.00. The Morgan fingerprint density at radius 1 is 1.24 bits per heavy atom. The topological polar surface area (TPSA) is 96.4 Å². The first-order chi connectivity index (χ1) is 9.88. The number of pyridine rings is 1. The van der Waals surface area contributed by atoms with Gasteiger partial charge in [0.15, 0.2) is 9.84 Å². The zero-order chi connectivity index (χ0) is 15.5. The third-order valence-electron chi connectivity index (χ3n) is 2.89. The maximum absolute atomic E-state index is 11.4. The van der Waals surface area contributed by atoms with Gasteiger partial charge >= 0.3 is 5.97 Å². The molecular weight excluding hydrogens is 292 g/mol. The van der Waals surface area contributed by atoms with E-state index in [-0.39, 0.29) is 10.5 Å². The molecular formula is C14H14N2O4S. The van der Waals surface area contributed by atoms with Crippen LogP contribution in [0.3, 0.4) is 0 Å². The molecule has 0 atom stereocenters. The van der Waals surface area contributed by atoms with Crippen molar-refractivity contribution in [3.05, 3.63) is 53.9 Å². The maximum atomic E-state index is 11.4. The van der Waals surface area contributed by atoms with Crippen LogP contribution in [-0.2, 0) is 16.4 Å². The van der Waals surface area contributed by atoms with E-state index in [0.717, 1.165) is 11.8 Å². The number of sulfone groups is 1. The first-order valence-electron chi connectivity index (χ1n) is 6.08. The molecule has 6 nitrogen and oxygen atoms in total. The molecule has 1 aromatic carbocycles. The standard InChI is InChI=1S/C14H14N2O4S/c1-21(19,20)11-4-2-10(3-5-11)8-16-13-6-7-15-9-12(13)14(17)18/h2-7,9H,8H2,1H3,(H,15,16)(H,17,18). The van der Waals surface area contributed by atoms with Crippen LogP contribution in [0.4, 0.5) is 5.69 Å². The predicted molar refractivity (Wildman–Crippen MR) is 78.1 cm³/mol. The van der Waals surface area contributed by atoms with Gasteiger partial charge in [0.1, 0.15) is 5.56 Å². The molecule has 0 fully saturated rings. The number of nitrogens with zero attached hydrogens (tertiary/aromatic N) is 1. The molecule has 2 rings (SSSR count). The van der Waals surface area contributed by atoms with E-state index in [2.05, 4.69) is 10.3 Å². The first-order valence-corrected chi connectivity index (χ1v) is 7.97. The van der Waals surface area contributed by atoms with Gasteiger partial charge in [-0.05, 0) is 23.8 Å². The van der Waals surface area contributed by atoms with Gasteiger partial charge in [0.2, 0.25) is 0 Å². The minimum absolute atomic E-state index is 0.0882. The van der Waals surface area contributed by atoms with Gasteiger partial charge in [0.25, 0.3) is 0 Å². The van der Waals surface area contributed by atoms with E-state index in [4.69, 9.17) is 5.11 Å².